The second kappa shape index (κ2) is 3.91. The molecule has 0 spiro atoms. The van der Waals surface area contributed by atoms with E-state index in [2.05, 4.69) is 0 Å². The van der Waals surface area contributed by atoms with E-state index in [4.69, 9.17) is 5.11 Å². The van der Waals surface area contributed by atoms with Crippen LogP contribution in [-0.4, -0.2) is 22.6 Å². The fourth-order valence-electron chi connectivity index (χ4n) is 2.44. The molecular weight excluding hydrogens is 184 g/mol. The van der Waals surface area contributed by atoms with E-state index >= 15 is 0 Å². The van der Waals surface area contributed by atoms with Gasteiger partial charge in [-0.25, -0.2) is 0 Å². The summed E-state index contributed by atoms with van der Waals surface area (Å²) in [6.45, 7) is 0. The van der Waals surface area contributed by atoms with Crippen molar-refractivity contribution in [3.63, 3.8) is 0 Å². The molecule has 0 aromatic rings. The van der Waals surface area contributed by atoms with Gasteiger partial charge in [-0.15, -0.1) is 0 Å². The van der Waals surface area contributed by atoms with Gasteiger partial charge in [-0.3, -0.25) is 4.79 Å². The van der Waals surface area contributed by atoms with E-state index in [0.717, 1.165) is 18.1 Å². The van der Waals surface area contributed by atoms with Crippen LogP contribution >= 0.6 is 11.8 Å². The summed E-state index contributed by atoms with van der Waals surface area (Å²) in [5, 5.41) is 9.06. The number of hydrogen-bond donors (Lipinski definition) is 1. The molecule has 1 saturated carbocycles. The van der Waals surface area contributed by atoms with Gasteiger partial charge in [-0.1, -0.05) is 19.3 Å². The maximum Gasteiger partial charge on any atom is 0.307 e. The van der Waals surface area contributed by atoms with Gasteiger partial charge >= 0.3 is 5.97 Å². The van der Waals surface area contributed by atoms with Gasteiger partial charge in [0.1, 0.15) is 0 Å². The van der Waals surface area contributed by atoms with Crippen LogP contribution in [0.4, 0.5) is 0 Å². The van der Waals surface area contributed by atoms with Crippen LogP contribution in [0.3, 0.4) is 0 Å². The molecule has 2 unspecified atom stereocenters. The molecule has 74 valence electrons. The van der Waals surface area contributed by atoms with Crippen molar-refractivity contribution in [3.05, 3.63) is 0 Å². The monoisotopic (exact) mass is 200 g/mol. The summed E-state index contributed by atoms with van der Waals surface area (Å²) in [6, 6.07) is 0. The Balaban J connectivity index is 1.99. The molecule has 1 saturated heterocycles. The average molecular weight is 200 g/mol. The van der Waals surface area contributed by atoms with Gasteiger partial charge in [0, 0.05) is 5.75 Å². The van der Waals surface area contributed by atoms with Crippen molar-refractivity contribution in [3.8, 4) is 0 Å². The normalized spacial score (nSPS) is 35.4. The molecule has 2 atom stereocenters. The molecule has 1 aliphatic carbocycles. The zero-order valence-electron chi connectivity index (χ0n) is 7.74. The number of carboxylic acids is 1. The lowest BCUT2D eigenvalue weighted by atomic mass is 9.70. The van der Waals surface area contributed by atoms with Crippen molar-refractivity contribution in [2.75, 3.05) is 11.5 Å². The summed E-state index contributed by atoms with van der Waals surface area (Å²) in [5.74, 6) is 2.63. The third-order valence-corrected chi connectivity index (χ3v) is 4.60. The molecule has 0 aromatic heterocycles. The largest absolute Gasteiger partial charge is 0.481 e. The summed E-state index contributed by atoms with van der Waals surface area (Å²) in [5.41, 5.74) is 0. The van der Waals surface area contributed by atoms with Crippen LogP contribution < -0.4 is 0 Å². The SMILES string of the molecule is O=C(O)C1CSCCC1C1CCC1. The van der Waals surface area contributed by atoms with E-state index in [9.17, 15) is 4.79 Å². The summed E-state index contributed by atoms with van der Waals surface area (Å²) in [7, 11) is 0. The molecule has 2 rings (SSSR count). The van der Waals surface area contributed by atoms with Crippen molar-refractivity contribution >= 4 is 17.7 Å². The highest BCUT2D eigenvalue weighted by Crippen LogP contribution is 2.43. The van der Waals surface area contributed by atoms with Gasteiger partial charge in [-0.05, 0) is 24.0 Å². The van der Waals surface area contributed by atoms with Gasteiger partial charge in [0.15, 0.2) is 0 Å². The van der Waals surface area contributed by atoms with Crippen molar-refractivity contribution in [2.45, 2.75) is 25.7 Å². The van der Waals surface area contributed by atoms with Gasteiger partial charge in [0.2, 0.25) is 0 Å². The molecular formula is C10H16O2S. The Labute approximate surface area is 83.1 Å². The minimum atomic E-state index is -0.566. The third kappa shape index (κ3) is 1.85. The van der Waals surface area contributed by atoms with E-state index in [1.54, 1.807) is 11.8 Å². The van der Waals surface area contributed by atoms with Crippen LogP contribution in [0, 0.1) is 17.8 Å². The van der Waals surface area contributed by atoms with Crippen LogP contribution in [0.15, 0.2) is 0 Å². The number of carbonyl (C=O) groups is 1. The first-order valence-corrected chi connectivity index (χ1v) is 6.25. The molecule has 2 fully saturated rings. The Kier molecular flexibility index (Phi) is 2.82. The second-order valence-corrected chi connectivity index (χ2v) is 5.31. The van der Waals surface area contributed by atoms with Crippen LogP contribution in [0.1, 0.15) is 25.7 Å². The van der Waals surface area contributed by atoms with Crippen LogP contribution in [0.2, 0.25) is 0 Å². The minimum absolute atomic E-state index is 0.0518. The maximum atomic E-state index is 11.0. The Morgan fingerprint density at radius 2 is 2.08 bits per heavy atom. The predicted octanol–water partition coefficient (Wildman–Crippen LogP) is 2.24. The topological polar surface area (TPSA) is 37.3 Å². The number of hydrogen-bond acceptors (Lipinski definition) is 2. The second-order valence-electron chi connectivity index (χ2n) is 4.16. The smallest absolute Gasteiger partial charge is 0.307 e. The van der Waals surface area contributed by atoms with Gasteiger partial charge < -0.3 is 5.11 Å². The first kappa shape index (κ1) is 9.38. The van der Waals surface area contributed by atoms with Crippen molar-refractivity contribution < 1.29 is 9.90 Å². The van der Waals surface area contributed by atoms with Crippen molar-refractivity contribution in [1.82, 2.24) is 0 Å². The Morgan fingerprint density at radius 1 is 1.31 bits per heavy atom. The third-order valence-electron chi connectivity index (χ3n) is 3.48. The van der Waals surface area contributed by atoms with E-state index in [0.29, 0.717) is 5.92 Å². The summed E-state index contributed by atoms with van der Waals surface area (Å²) < 4.78 is 0. The highest BCUT2D eigenvalue weighted by molar-refractivity contribution is 7.99. The zero-order chi connectivity index (χ0) is 9.26. The Bertz CT molecular complexity index is 201. The predicted molar refractivity (Wildman–Crippen MR) is 53.9 cm³/mol. The number of carboxylic acid groups (broad SMARTS) is 1. The standard InChI is InChI=1S/C10H16O2S/c11-10(12)9-6-13-5-4-8(9)7-2-1-3-7/h7-9H,1-6H2,(H,11,12). The highest BCUT2D eigenvalue weighted by atomic mass is 32.2. The van der Waals surface area contributed by atoms with Crippen LogP contribution in [0.25, 0.3) is 0 Å². The molecule has 1 heterocycles. The fourth-order valence-corrected chi connectivity index (χ4v) is 3.69. The summed E-state index contributed by atoms with van der Waals surface area (Å²) in [4.78, 5) is 11.0. The fraction of sp³-hybridized carbons (Fsp3) is 0.900. The van der Waals surface area contributed by atoms with Gasteiger partial charge in [0.05, 0.1) is 5.92 Å². The van der Waals surface area contributed by atoms with Gasteiger partial charge in [-0.2, -0.15) is 11.8 Å². The molecule has 3 heteroatoms. The maximum absolute atomic E-state index is 11.0. The molecule has 0 amide bonds. The molecule has 1 N–H and O–H groups in total. The molecule has 1 aliphatic heterocycles. The molecule has 0 aromatic carbocycles. The lowest BCUT2D eigenvalue weighted by Crippen LogP contribution is -2.37. The van der Waals surface area contributed by atoms with Gasteiger partial charge in [0.25, 0.3) is 0 Å². The van der Waals surface area contributed by atoms with E-state index in [1.807, 2.05) is 0 Å². The van der Waals surface area contributed by atoms with Crippen LogP contribution in [0.5, 0.6) is 0 Å². The van der Waals surface area contributed by atoms with E-state index in [-0.39, 0.29) is 5.92 Å². The lowest BCUT2D eigenvalue weighted by molar-refractivity contribution is -0.144. The number of thioether (sulfide) groups is 1. The van der Waals surface area contributed by atoms with Crippen molar-refractivity contribution in [2.24, 2.45) is 17.8 Å². The molecule has 0 bridgehead atoms. The van der Waals surface area contributed by atoms with Crippen LogP contribution in [-0.2, 0) is 4.79 Å². The molecule has 13 heavy (non-hydrogen) atoms. The molecule has 0 radical (unpaired) electrons. The van der Waals surface area contributed by atoms with E-state index in [1.165, 1.54) is 25.0 Å². The molecule has 2 nitrogen and oxygen atoms in total. The first-order valence-electron chi connectivity index (χ1n) is 5.09. The summed E-state index contributed by atoms with van der Waals surface area (Å²) >= 11 is 1.81. The zero-order valence-corrected chi connectivity index (χ0v) is 8.55. The quantitative estimate of drug-likeness (QED) is 0.742. The number of rotatable bonds is 2. The first-order chi connectivity index (χ1) is 6.29. The highest BCUT2D eigenvalue weighted by Gasteiger charge is 2.38. The number of aliphatic carboxylic acids is 1. The average Bonchev–Trinajstić information content (AvgIpc) is 2.02. The molecule has 2 aliphatic rings. The van der Waals surface area contributed by atoms with E-state index < -0.39 is 5.97 Å². The minimum Gasteiger partial charge on any atom is -0.481 e. The summed E-state index contributed by atoms with van der Waals surface area (Å²) in [6.07, 6.45) is 5.01. The van der Waals surface area contributed by atoms with Crippen molar-refractivity contribution in [1.29, 1.82) is 0 Å². The Morgan fingerprint density at radius 3 is 2.62 bits per heavy atom. The Hall–Kier alpha value is -0.180. The lowest BCUT2D eigenvalue weighted by Gasteiger charge is -2.39.